The van der Waals surface area contributed by atoms with Crippen LogP contribution in [0.2, 0.25) is 0 Å². The van der Waals surface area contributed by atoms with E-state index in [9.17, 15) is 10.2 Å². The van der Waals surface area contributed by atoms with Crippen molar-refractivity contribution in [2.45, 2.75) is 67.3 Å². The van der Waals surface area contributed by atoms with Crippen LogP contribution in [0.4, 0.5) is 0 Å². The van der Waals surface area contributed by atoms with Gasteiger partial charge in [-0.05, 0) is 0 Å². The molecule has 2 rings (SSSR count). The molecule has 24 heavy (non-hydrogen) atoms. The lowest BCUT2D eigenvalue weighted by molar-refractivity contribution is -0.248. The monoisotopic (exact) mass is 359 g/mol. The third-order valence-electron chi connectivity index (χ3n) is 4.05. The summed E-state index contributed by atoms with van der Waals surface area (Å²) in [5.74, 6) is 0. The van der Waals surface area contributed by atoms with E-state index in [0.717, 1.165) is 0 Å². The van der Waals surface area contributed by atoms with Gasteiger partial charge in [0.15, 0.2) is 6.29 Å². The van der Waals surface area contributed by atoms with Crippen molar-refractivity contribution < 1.29 is 55.8 Å². The van der Waals surface area contributed by atoms with Crippen LogP contribution in [-0.2, 0) is 4.74 Å². The molecule has 0 aromatic heterocycles. The zero-order valence-corrected chi connectivity index (χ0v) is 12.5. The average molecular weight is 359 g/mol. The van der Waals surface area contributed by atoms with Gasteiger partial charge in [-0.3, -0.25) is 0 Å². The SMILES string of the molecule is N[C@@H]1[C@@H](O)[C@H](O)[C@@H](CO)O[C@H]1O.O[C@H]1[C@H](O)[C@@H](O)[C@H](O)[C@@H](O)[C@H]1O. The molecule has 12 N–H and O–H groups in total. The van der Waals surface area contributed by atoms with E-state index in [2.05, 4.69) is 0 Å². The van der Waals surface area contributed by atoms with E-state index in [1.165, 1.54) is 0 Å². The van der Waals surface area contributed by atoms with Crippen molar-refractivity contribution in [3.8, 4) is 0 Å². The summed E-state index contributed by atoms with van der Waals surface area (Å²) in [4.78, 5) is 0. The Labute approximate surface area is 136 Å². The summed E-state index contributed by atoms with van der Waals surface area (Å²) in [7, 11) is 0. The highest BCUT2D eigenvalue weighted by Gasteiger charge is 2.47. The molecule has 0 unspecified atom stereocenters. The molecule has 5 atom stereocenters. The third kappa shape index (κ3) is 4.37. The first-order valence-electron chi connectivity index (χ1n) is 7.19. The summed E-state index contributed by atoms with van der Waals surface area (Å²) in [6, 6.07) is -1.04. The fraction of sp³-hybridized carbons (Fsp3) is 1.00. The van der Waals surface area contributed by atoms with Gasteiger partial charge in [-0.25, -0.2) is 0 Å². The second kappa shape index (κ2) is 8.75. The highest BCUT2D eigenvalue weighted by Crippen LogP contribution is 2.21. The van der Waals surface area contributed by atoms with Crippen LogP contribution in [0.15, 0.2) is 0 Å². The van der Waals surface area contributed by atoms with Crippen LogP contribution in [0.1, 0.15) is 0 Å². The zero-order chi connectivity index (χ0) is 18.8. The van der Waals surface area contributed by atoms with Gasteiger partial charge < -0.3 is 61.5 Å². The van der Waals surface area contributed by atoms with E-state index in [-0.39, 0.29) is 0 Å². The number of rotatable bonds is 1. The molecule has 12 heteroatoms. The minimum atomic E-state index is -1.64. The Morgan fingerprint density at radius 2 is 0.917 bits per heavy atom. The average Bonchev–Trinajstić information content (AvgIpc) is 2.58. The number of ether oxygens (including phenoxy) is 1. The van der Waals surface area contributed by atoms with Crippen molar-refractivity contribution >= 4 is 0 Å². The standard InChI is InChI=1S/C6H13NO5.C6H12O6/c7-3-5(10)4(9)2(1-8)12-6(3)11;7-1-2(8)4(10)6(12)5(11)3(1)9/h2-6,8-11H,1,7H2;1-12H/t2-,3-,4-,5-,6-;1-,2-,3-,4+,5-,6-/m1./s1. The largest absolute Gasteiger partial charge is 0.394 e. The number of hydrogen-bond donors (Lipinski definition) is 11. The first-order chi connectivity index (χ1) is 11.0. The molecule has 0 bridgehead atoms. The van der Waals surface area contributed by atoms with E-state index in [1.54, 1.807) is 0 Å². The third-order valence-corrected chi connectivity index (χ3v) is 4.05. The normalized spacial score (nSPS) is 52.4. The molecule has 1 saturated carbocycles. The maximum absolute atomic E-state index is 9.20. The van der Waals surface area contributed by atoms with Gasteiger partial charge in [-0.2, -0.15) is 0 Å². The number of nitrogens with two attached hydrogens (primary N) is 1. The molecule has 2 fully saturated rings. The molecule has 1 saturated heterocycles. The van der Waals surface area contributed by atoms with Gasteiger partial charge in [0.2, 0.25) is 0 Å². The number of hydrogen-bond acceptors (Lipinski definition) is 12. The van der Waals surface area contributed by atoms with Gasteiger partial charge >= 0.3 is 0 Å². The van der Waals surface area contributed by atoms with E-state index in [1.807, 2.05) is 0 Å². The summed E-state index contributed by atoms with van der Waals surface area (Å²) in [6.07, 6.45) is -14.7. The lowest BCUT2D eigenvalue weighted by Gasteiger charge is -2.39. The fourth-order valence-electron chi connectivity index (χ4n) is 2.33. The molecule has 144 valence electrons. The summed E-state index contributed by atoms with van der Waals surface area (Å²) < 4.78 is 4.70. The van der Waals surface area contributed by atoms with E-state index in [4.69, 9.17) is 51.3 Å². The zero-order valence-electron chi connectivity index (χ0n) is 12.5. The molecule has 1 aliphatic carbocycles. The lowest BCUT2D eigenvalue weighted by Crippen LogP contribution is -2.63. The van der Waals surface area contributed by atoms with Crippen LogP contribution in [0.25, 0.3) is 0 Å². The van der Waals surface area contributed by atoms with Crippen LogP contribution in [0.3, 0.4) is 0 Å². The Morgan fingerprint density at radius 3 is 1.21 bits per heavy atom. The molecule has 0 aromatic rings. The highest BCUT2D eigenvalue weighted by molar-refractivity contribution is 4.98. The van der Waals surface area contributed by atoms with Crippen LogP contribution in [0.5, 0.6) is 0 Å². The van der Waals surface area contributed by atoms with Gasteiger partial charge in [-0.15, -0.1) is 0 Å². The van der Waals surface area contributed by atoms with Crippen LogP contribution in [0, 0.1) is 0 Å². The minimum Gasteiger partial charge on any atom is -0.394 e. The van der Waals surface area contributed by atoms with Gasteiger partial charge in [0, 0.05) is 0 Å². The van der Waals surface area contributed by atoms with Gasteiger partial charge in [0.05, 0.1) is 12.6 Å². The summed E-state index contributed by atoms with van der Waals surface area (Å²) in [5, 5.41) is 89.9. The molecular formula is C12H25NO11. The van der Waals surface area contributed by atoms with Crippen molar-refractivity contribution in [2.75, 3.05) is 6.61 Å². The van der Waals surface area contributed by atoms with Crippen molar-refractivity contribution in [3.63, 3.8) is 0 Å². The van der Waals surface area contributed by atoms with Crippen molar-refractivity contribution in [2.24, 2.45) is 5.73 Å². The Hall–Kier alpha value is -0.480. The van der Waals surface area contributed by atoms with Gasteiger partial charge in [0.25, 0.3) is 0 Å². The minimum absolute atomic E-state index is 0.470. The molecule has 0 aromatic carbocycles. The molecule has 0 amide bonds. The number of aliphatic hydroxyl groups excluding tert-OH is 10. The van der Waals surface area contributed by atoms with Crippen molar-refractivity contribution in [3.05, 3.63) is 0 Å². The second-order valence-electron chi connectivity index (χ2n) is 5.75. The molecule has 1 aliphatic heterocycles. The predicted octanol–water partition coefficient (Wildman–Crippen LogP) is -7.09. The Bertz CT molecular complexity index is 310. The molecular weight excluding hydrogens is 334 g/mol. The topological polar surface area (TPSA) is 238 Å². The Morgan fingerprint density at radius 1 is 0.583 bits per heavy atom. The van der Waals surface area contributed by atoms with E-state index in [0.29, 0.717) is 0 Å². The summed E-state index contributed by atoms with van der Waals surface area (Å²) in [6.45, 7) is -0.470. The van der Waals surface area contributed by atoms with Crippen molar-refractivity contribution in [1.29, 1.82) is 0 Å². The first-order valence-corrected chi connectivity index (χ1v) is 7.19. The lowest BCUT2D eigenvalue weighted by atomic mass is 9.85. The van der Waals surface area contributed by atoms with Crippen LogP contribution >= 0.6 is 0 Å². The molecule has 0 spiro atoms. The predicted molar refractivity (Wildman–Crippen MR) is 74.0 cm³/mol. The highest BCUT2D eigenvalue weighted by atomic mass is 16.6. The van der Waals surface area contributed by atoms with Crippen LogP contribution in [-0.4, -0.2) is 125 Å². The molecule has 12 nitrogen and oxygen atoms in total. The van der Waals surface area contributed by atoms with Crippen molar-refractivity contribution in [1.82, 2.24) is 0 Å². The smallest absolute Gasteiger partial charge is 0.173 e. The molecule has 1 heterocycles. The summed E-state index contributed by atoms with van der Waals surface area (Å²) in [5.41, 5.74) is 5.26. The maximum Gasteiger partial charge on any atom is 0.173 e. The van der Waals surface area contributed by atoms with E-state index < -0.39 is 73.9 Å². The van der Waals surface area contributed by atoms with Gasteiger partial charge in [-0.1, -0.05) is 0 Å². The quantitative estimate of drug-likeness (QED) is 0.209. The van der Waals surface area contributed by atoms with Gasteiger partial charge in [0.1, 0.15) is 54.9 Å². The number of aliphatic hydroxyl groups is 10. The Balaban J connectivity index is 0.000000240. The first kappa shape index (κ1) is 21.6. The molecule has 0 radical (unpaired) electrons. The fourth-order valence-corrected chi connectivity index (χ4v) is 2.33. The second-order valence-corrected chi connectivity index (χ2v) is 5.75. The van der Waals surface area contributed by atoms with Crippen LogP contribution < -0.4 is 5.73 Å². The maximum atomic E-state index is 9.20. The molecule has 2 aliphatic rings. The Kier molecular flexibility index (Phi) is 7.86. The van der Waals surface area contributed by atoms with E-state index >= 15 is 0 Å². The summed E-state index contributed by atoms with van der Waals surface area (Å²) >= 11 is 0.